The molecule has 1 aromatic heterocycles. The van der Waals surface area contributed by atoms with Gasteiger partial charge in [0.25, 0.3) is 10.0 Å². The van der Waals surface area contributed by atoms with Crippen molar-refractivity contribution in [2.75, 3.05) is 0 Å². The molecule has 0 bridgehead atoms. The summed E-state index contributed by atoms with van der Waals surface area (Å²) in [5.41, 5.74) is 0. The second kappa shape index (κ2) is 2.80. The molecule has 0 amide bonds. The summed E-state index contributed by atoms with van der Waals surface area (Å²) in [4.78, 5) is 3.82. The van der Waals surface area contributed by atoms with Gasteiger partial charge in [-0.15, -0.1) is 12.6 Å². The third-order valence-corrected chi connectivity index (χ3v) is 2.40. The molecular weight excluding hydrogens is 184 g/mol. The summed E-state index contributed by atoms with van der Waals surface area (Å²) in [6.45, 7) is 0. The van der Waals surface area contributed by atoms with E-state index in [1.807, 2.05) is 0 Å². The summed E-state index contributed by atoms with van der Waals surface area (Å²) >= 11 is 3.87. The van der Waals surface area contributed by atoms with E-state index in [2.05, 4.69) is 17.6 Å². The van der Waals surface area contributed by atoms with Gasteiger partial charge in [-0.2, -0.15) is 0 Å². The lowest BCUT2D eigenvalue weighted by molar-refractivity contribution is 0.591. The number of hydrogen-bond donors (Lipinski definition) is 2. The standard InChI is InChI=1S/C5H6N2O2S2/c6-11(8,9)5-4(10)2-1-3-7-5/h1-3,10H,(H2,6,8,9). The Kier molecular flexibility index (Phi) is 2.17. The number of aromatic nitrogens is 1. The number of hydrogen-bond acceptors (Lipinski definition) is 4. The number of nitrogens with zero attached hydrogens (tertiary/aromatic N) is 1. The van der Waals surface area contributed by atoms with Crippen LogP contribution in [0.3, 0.4) is 0 Å². The van der Waals surface area contributed by atoms with Crippen molar-refractivity contribution in [3.63, 3.8) is 0 Å². The van der Waals surface area contributed by atoms with Gasteiger partial charge in [-0.1, -0.05) is 0 Å². The van der Waals surface area contributed by atoms with Gasteiger partial charge in [0.1, 0.15) is 0 Å². The molecule has 0 aromatic carbocycles. The van der Waals surface area contributed by atoms with Crippen molar-refractivity contribution < 1.29 is 8.42 Å². The van der Waals surface area contributed by atoms with Crippen LogP contribution in [0.5, 0.6) is 0 Å². The van der Waals surface area contributed by atoms with Gasteiger partial charge in [0.05, 0.1) is 0 Å². The summed E-state index contributed by atoms with van der Waals surface area (Å²) < 4.78 is 21.4. The first kappa shape index (κ1) is 8.51. The topological polar surface area (TPSA) is 73.1 Å². The van der Waals surface area contributed by atoms with Gasteiger partial charge in [-0.05, 0) is 12.1 Å². The molecule has 0 aliphatic rings. The molecule has 0 radical (unpaired) electrons. The summed E-state index contributed by atoms with van der Waals surface area (Å²) in [6, 6.07) is 3.09. The van der Waals surface area contributed by atoms with E-state index in [1.165, 1.54) is 12.3 Å². The first-order valence-corrected chi connectivity index (χ1v) is 4.68. The molecule has 0 fully saturated rings. The first-order valence-electron chi connectivity index (χ1n) is 2.68. The van der Waals surface area contributed by atoms with Crippen LogP contribution in [0.25, 0.3) is 0 Å². The minimum absolute atomic E-state index is 0.191. The van der Waals surface area contributed by atoms with Crippen LogP contribution >= 0.6 is 12.6 Å². The van der Waals surface area contributed by atoms with E-state index in [1.54, 1.807) is 6.07 Å². The molecule has 0 aliphatic heterocycles. The van der Waals surface area contributed by atoms with Gasteiger partial charge < -0.3 is 0 Å². The van der Waals surface area contributed by atoms with E-state index in [-0.39, 0.29) is 9.92 Å². The van der Waals surface area contributed by atoms with Crippen molar-refractivity contribution in [3.8, 4) is 0 Å². The molecule has 1 rings (SSSR count). The van der Waals surface area contributed by atoms with Crippen molar-refractivity contribution in [2.45, 2.75) is 9.92 Å². The lowest BCUT2D eigenvalue weighted by Crippen LogP contribution is -2.14. The van der Waals surface area contributed by atoms with Crippen molar-refractivity contribution >= 4 is 22.7 Å². The minimum Gasteiger partial charge on any atom is -0.242 e. The van der Waals surface area contributed by atoms with E-state index >= 15 is 0 Å². The van der Waals surface area contributed by atoms with Gasteiger partial charge in [0.2, 0.25) is 0 Å². The smallest absolute Gasteiger partial charge is 0.242 e. The molecule has 0 saturated heterocycles. The quantitative estimate of drug-likeness (QED) is 0.613. The summed E-state index contributed by atoms with van der Waals surface area (Å²) in [7, 11) is -3.72. The first-order chi connectivity index (χ1) is 5.02. The van der Waals surface area contributed by atoms with Crippen molar-refractivity contribution in [1.82, 2.24) is 4.98 Å². The molecule has 0 aliphatic carbocycles. The van der Waals surface area contributed by atoms with Gasteiger partial charge in [-0.3, -0.25) is 0 Å². The van der Waals surface area contributed by atoms with Crippen LogP contribution in [-0.2, 0) is 10.0 Å². The Bertz CT molecular complexity index is 361. The molecular formula is C5H6N2O2S2. The zero-order valence-corrected chi connectivity index (χ0v) is 7.14. The molecule has 6 heteroatoms. The van der Waals surface area contributed by atoms with Crippen molar-refractivity contribution in [3.05, 3.63) is 18.3 Å². The molecule has 60 valence electrons. The van der Waals surface area contributed by atoms with Crippen LogP contribution in [0.4, 0.5) is 0 Å². The fourth-order valence-electron chi connectivity index (χ4n) is 0.602. The molecule has 1 heterocycles. The third-order valence-electron chi connectivity index (χ3n) is 1.02. The van der Waals surface area contributed by atoms with Crippen LogP contribution in [-0.4, -0.2) is 13.4 Å². The predicted molar refractivity (Wildman–Crippen MR) is 42.9 cm³/mol. The highest BCUT2D eigenvalue weighted by Gasteiger charge is 2.11. The van der Waals surface area contributed by atoms with Gasteiger partial charge in [-0.25, -0.2) is 18.5 Å². The Morgan fingerprint density at radius 3 is 2.55 bits per heavy atom. The Hall–Kier alpha value is -0.590. The Labute approximate surface area is 69.9 Å². The van der Waals surface area contributed by atoms with E-state index in [0.29, 0.717) is 0 Å². The van der Waals surface area contributed by atoms with Crippen molar-refractivity contribution in [2.24, 2.45) is 5.14 Å². The number of nitrogens with two attached hydrogens (primary N) is 1. The van der Waals surface area contributed by atoms with E-state index in [4.69, 9.17) is 5.14 Å². The number of thiol groups is 1. The highest BCUT2D eigenvalue weighted by molar-refractivity contribution is 7.90. The second-order valence-corrected chi connectivity index (χ2v) is 3.83. The maximum Gasteiger partial charge on any atom is 0.256 e. The summed E-state index contributed by atoms with van der Waals surface area (Å²) in [5, 5.41) is 4.63. The van der Waals surface area contributed by atoms with Gasteiger partial charge in [0.15, 0.2) is 5.03 Å². The Morgan fingerprint density at radius 2 is 2.18 bits per heavy atom. The molecule has 0 atom stereocenters. The molecule has 0 saturated carbocycles. The van der Waals surface area contributed by atoms with Crippen LogP contribution in [0.2, 0.25) is 0 Å². The molecule has 1 aromatic rings. The summed E-state index contributed by atoms with van der Waals surface area (Å²) in [5.74, 6) is 0. The summed E-state index contributed by atoms with van der Waals surface area (Å²) in [6.07, 6.45) is 1.35. The third kappa shape index (κ3) is 1.92. The molecule has 0 spiro atoms. The Balaban J connectivity index is 3.37. The zero-order chi connectivity index (χ0) is 8.48. The SMILES string of the molecule is NS(=O)(=O)c1ncccc1S. The van der Waals surface area contributed by atoms with Crippen LogP contribution < -0.4 is 5.14 Å². The largest absolute Gasteiger partial charge is 0.256 e. The maximum atomic E-state index is 10.7. The molecule has 0 unspecified atom stereocenters. The fraction of sp³-hybridized carbons (Fsp3) is 0. The van der Waals surface area contributed by atoms with Crippen LogP contribution in [0.15, 0.2) is 28.3 Å². The number of primary sulfonamides is 1. The monoisotopic (exact) mass is 190 g/mol. The maximum absolute atomic E-state index is 10.7. The van der Waals surface area contributed by atoms with Gasteiger partial charge in [0, 0.05) is 11.1 Å². The normalized spacial score (nSPS) is 11.5. The number of sulfonamides is 1. The lowest BCUT2D eigenvalue weighted by atomic mass is 10.5. The number of pyridine rings is 1. The highest BCUT2D eigenvalue weighted by atomic mass is 32.2. The van der Waals surface area contributed by atoms with Crippen LogP contribution in [0.1, 0.15) is 0 Å². The van der Waals surface area contributed by atoms with Gasteiger partial charge >= 0.3 is 0 Å². The van der Waals surface area contributed by atoms with E-state index < -0.39 is 10.0 Å². The van der Waals surface area contributed by atoms with Crippen LogP contribution in [0, 0.1) is 0 Å². The zero-order valence-electron chi connectivity index (χ0n) is 5.43. The van der Waals surface area contributed by atoms with Crippen molar-refractivity contribution in [1.29, 1.82) is 0 Å². The number of rotatable bonds is 1. The average molecular weight is 190 g/mol. The second-order valence-electron chi connectivity index (χ2n) is 1.87. The predicted octanol–water partition coefficient (Wildman–Crippen LogP) is 0.0177. The highest BCUT2D eigenvalue weighted by Crippen LogP contribution is 2.13. The molecule has 11 heavy (non-hydrogen) atoms. The van der Waals surface area contributed by atoms with E-state index in [9.17, 15) is 8.42 Å². The Morgan fingerprint density at radius 1 is 1.55 bits per heavy atom. The minimum atomic E-state index is -3.72. The molecule has 4 nitrogen and oxygen atoms in total. The average Bonchev–Trinajstić information content (AvgIpc) is 1.86. The fourth-order valence-corrected chi connectivity index (χ4v) is 1.69. The molecule has 2 N–H and O–H groups in total. The lowest BCUT2D eigenvalue weighted by Gasteiger charge is -1.98. The van der Waals surface area contributed by atoms with E-state index in [0.717, 1.165) is 0 Å².